The number of carbonyl (C=O) groups excluding carboxylic acids is 1. The molecule has 0 aliphatic carbocycles. The summed E-state index contributed by atoms with van der Waals surface area (Å²) >= 11 is 1.44. The number of nitrogens with zero attached hydrogens (tertiary/aromatic N) is 6. The molecule has 0 aliphatic heterocycles. The van der Waals surface area contributed by atoms with Crippen molar-refractivity contribution in [1.29, 1.82) is 0 Å². The smallest absolute Gasteiger partial charge is 0.225 e. The van der Waals surface area contributed by atoms with Gasteiger partial charge in [0, 0.05) is 44.4 Å². The second-order valence-corrected chi connectivity index (χ2v) is 6.56. The van der Waals surface area contributed by atoms with Crippen molar-refractivity contribution < 1.29 is 9.53 Å². The fourth-order valence-corrected chi connectivity index (χ4v) is 2.91. The first-order valence-corrected chi connectivity index (χ1v) is 8.94. The van der Waals surface area contributed by atoms with Gasteiger partial charge in [-0.2, -0.15) is 0 Å². The second-order valence-electron chi connectivity index (χ2n) is 5.50. The molecule has 0 aliphatic rings. The largest absolute Gasteiger partial charge is 0.486 e. The van der Waals surface area contributed by atoms with E-state index in [1.165, 1.54) is 11.8 Å². The van der Waals surface area contributed by atoms with Gasteiger partial charge in [0.2, 0.25) is 11.1 Å². The number of carbonyl (C=O) groups is 1. The summed E-state index contributed by atoms with van der Waals surface area (Å²) in [4.78, 5) is 16.2. The molecule has 1 N–H and O–H groups in total. The van der Waals surface area contributed by atoms with Crippen molar-refractivity contribution in [3.8, 4) is 5.75 Å². The molecule has 2 aromatic heterocycles. The minimum absolute atomic E-state index is 0.0608. The monoisotopic (exact) mass is 373 g/mol. The lowest BCUT2D eigenvalue weighted by Gasteiger charge is -2.08. The highest BCUT2D eigenvalue weighted by molar-refractivity contribution is 7.99. The van der Waals surface area contributed by atoms with E-state index in [0.717, 1.165) is 17.3 Å². The molecule has 0 spiro atoms. The first-order valence-electron chi connectivity index (χ1n) is 7.96. The number of hydrogen-bond donors (Lipinski definition) is 1. The van der Waals surface area contributed by atoms with Crippen LogP contribution in [0.25, 0.3) is 0 Å². The van der Waals surface area contributed by atoms with Crippen LogP contribution in [-0.2, 0) is 25.5 Å². The number of tetrazole rings is 1. The zero-order chi connectivity index (χ0) is 18.4. The second kappa shape index (κ2) is 8.48. The predicted molar refractivity (Wildman–Crippen MR) is 96.8 cm³/mol. The third kappa shape index (κ3) is 4.82. The van der Waals surface area contributed by atoms with E-state index in [1.807, 2.05) is 42.1 Å². The van der Waals surface area contributed by atoms with Crippen molar-refractivity contribution in [2.75, 3.05) is 11.1 Å². The fourth-order valence-electron chi connectivity index (χ4n) is 2.12. The van der Waals surface area contributed by atoms with E-state index < -0.39 is 0 Å². The van der Waals surface area contributed by atoms with Gasteiger partial charge in [-0.05, 0) is 34.7 Å². The maximum Gasteiger partial charge on any atom is 0.225 e. The van der Waals surface area contributed by atoms with Gasteiger partial charge < -0.3 is 14.6 Å². The number of hydrogen-bond acceptors (Lipinski definition) is 7. The van der Waals surface area contributed by atoms with Crippen LogP contribution >= 0.6 is 11.8 Å². The lowest BCUT2D eigenvalue weighted by atomic mass is 10.3. The molecule has 0 radical (unpaired) electrons. The van der Waals surface area contributed by atoms with Gasteiger partial charge >= 0.3 is 0 Å². The first-order chi connectivity index (χ1) is 12.6. The van der Waals surface area contributed by atoms with Crippen molar-refractivity contribution >= 4 is 23.4 Å². The fraction of sp³-hybridized carbons (Fsp3) is 0.312. The van der Waals surface area contributed by atoms with Gasteiger partial charge in [-0.15, -0.1) is 5.10 Å². The van der Waals surface area contributed by atoms with Crippen molar-refractivity contribution in [2.24, 2.45) is 14.1 Å². The van der Waals surface area contributed by atoms with E-state index in [1.54, 1.807) is 17.9 Å². The minimum Gasteiger partial charge on any atom is -0.486 e. The van der Waals surface area contributed by atoms with Crippen molar-refractivity contribution in [3.63, 3.8) is 0 Å². The average molecular weight is 373 g/mol. The van der Waals surface area contributed by atoms with Gasteiger partial charge in [0.15, 0.2) is 0 Å². The lowest BCUT2D eigenvalue weighted by molar-refractivity contribution is -0.115. The zero-order valence-electron chi connectivity index (χ0n) is 14.5. The number of rotatable bonds is 8. The summed E-state index contributed by atoms with van der Waals surface area (Å²) < 4.78 is 9.17. The van der Waals surface area contributed by atoms with E-state index in [9.17, 15) is 4.79 Å². The number of thioether (sulfide) groups is 1. The van der Waals surface area contributed by atoms with Gasteiger partial charge in [0.1, 0.15) is 18.2 Å². The maximum atomic E-state index is 12.0. The number of amides is 1. The van der Waals surface area contributed by atoms with Crippen LogP contribution in [0.5, 0.6) is 5.75 Å². The van der Waals surface area contributed by atoms with Crippen molar-refractivity contribution in [1.82, 2.24) is 29.8 Å². The van der Waals surface area contributed by atoms with Crippen molar-refractivity contribution in [3.05, 3.63) is 42.5 Å². The maximum absolute atomic E-state index is 12.0. The molecule has 9 nitrogen and oxygen atoms in total. The molecule has 2 heterocycles. The highest BCUT2D eigenvalue weighted by Crippen LogP contribution is 2.18. The van der Waals surface area contributed by atoms with Gasteiger partial charge in [-0.1, -0.05) is 11.8 Å². The summed E-state index contributed by atoms with van der Waals surface area (Å²) in [5.74, 6) is 2.11. The average Bonchev–Trinajstić information content (AvgIpc) is 3.23. The van der Waals surface area contributed by atoms with E-state index in [4.69, 9.17) is 4.74 Å². The molecule has 1 aromatic carbocycles. The summed E-state index contributed by atoms with van der Waals surface area (Å²) in [6, 6.07) is 7.26. The molecule has 0 bridgehead atoms. The van der Waals surface area contributed by atoms with Crippen molar-refractivity contribution in [2.45, 2.75) is 18.2 Å². The van der Waals surface area contributed by atoms with Gasteiger partial charge in [0.05, 0.1) is 0 Å². The predicted octanol–water partition coefficient (Wildman–Crippen LogP) is 1.64. The number of nitrogens with one attached hydrogen (secondary N) is 1. The number of anilines is 1. The lowest BCUT2D eigenvalue weighted by Crippen LogP contribution is -2.12. The standard InChI is InChI=1S/C16H19N7O2S/c1-22-9-8-17-14(22)11-25-13-5-3-12(4-6-13)18-15(24)7-10-26-16-19-20-21-23(16)2/h3-6,8-9H,7,10-11H2,1-2H3,(H,18,24). The molecular formula is C16H19N7O2S. The Morgan fingerprint density at radius 3 is 2.73 bits per heavy atom. The van der Waals surface area contributed by atoms with E-state index in [2.05, 4.69) is 25.8 Å². The van der Waals surface area contributed by atoms with Crippen LogP contribution in [0.15, 0.2) is 41.8 Å². The molecule has 1 amide bonds. The van der Waals surface area contributed by atoms with Crippen LogP contribution in [0.4, 0.5) is 5.69 Å². The molecule has 10 heteroatoms. The SMILES string of the molecule is Cn1ccnc1COc1ccc(NC(=O)CCSc2nnnn2C)cc1. The normalized spacial score (nSPS) is 10.7. The van der Waals surface area contributed by atoms with E-state index in [-0.39, 0.29) is 5.91 Å². The topological polar surface area (TPSA) is 99.8 Å². The number of aryl methyl sites for hydroxylation is 2. The minimum atomic E-state index is -0.0608. The quantitative estimate of drug-likeness (QED) is 0.599. The molecule has 3 aromatic rings. The van der Waals surface area contributed by atoms with Crippen LogP contribution in [0.2, 0.25) is 0 Å². The Balaban J connectivity index is 1.42. The Kier molecular flexibility index (Phi) is 5.84. The third-order valence-corrected chi connectivity index (χ3v) is 4.58. The summed E-state index contributed by atoms with van der Waals surface area (Å²) in [6.45, 7) is 0.392. The van der Waals surface area contributed by atoms with Crippen LogP contribution in [0.1, 0.15) is 12.2 Å². The number of aromatic nitrogens is 6. The Morgan fingerprint density at radius 1 is 1.27 bits per heavy atom. The Hall–Kier alpha value is -2.88. The summed E-state index contributed by atoms with van der Waals surface area (Å²) in [5.41, 5.74) is 0.727. The molecule has 0 saturated carbocycles. The molecule has 0 fully saturated rings. The molecule has 0 atom stereocenters. The van der Waals surface area contributed by atoms with E-state index >= 15 is 0 Å². The number of imidazole rings is 1. The highest BCUT2D eigenvalue weighted by Gasteiger charge is 2.07. The van der Waals surface area contributed by atoms with E-state index in [0.29, 0.717) is 23.9 Å². The Bertz CT molecular complexity index is 860. The first kappa shape index (κ1) is 17.9. The molecule has 136 valence electrons. The summed E-state index contributed by atoms with van der Waals surface area (Å²) in [5, 5.41) is 14.7. The third-order valence-electron chi connectivity index (χ3n) is 3.57. The number of benzene rings is 1. The molecule has 3 rings (SSSR count). The number of ether oxygens (including phenoxy) is 1. The van der Waals surface area contributed by atoms with Gasteiger partial charge in [-0.3, -0.25) is 4.79 Å². The molecular weight excluding hydrogens is 354 g/mol. The zero-order valence-corrected chi connectivity index (χ0v) is 15.3. The Morgan fingerprint density at radius 2 is 2.08 bits per heavy atom. The highest BCUT2D eigenvalue weighted by atomic mass is 32.2. The van der Waals surface area contributed by atoms with Gasteiger partial charge in [-0.25, -0.2) is 9.67 Å². The Labute approximate surface area is 154 Å². The van der Waals surface area contributed by atoms with Gasteiger partial charge in [0.25, 0.3) is 0 Å². The van der Waals surface area contributed by atoms with Crippen LogP contribution in [0.3, 0.4) is 0 Å². The molecule has 26 heavy (non-hydrogen) atoms. The summed E-state index contributed by atoms with van der Waals surface area (Å²) in [6.07, 6.45) is 3.97. The van der Waals surface area contributed by atoms with Crippen LogP contribution < -0.4 is 10.1 Å². The molecule has 0 saturated heterocycles. The molecule has 0 unspecified atom stereocenters. The van der Waals surface area contributed by atoms with Crippen LogP contribution in [-0.4, -0.2) is 41.4 Å². The van der Waals surface area contributed by atoms with Crippen LogP contribution in [0, 0.1) is 0 Å². The summed E-state index contributed by atoms with van der Waals surface area (Å²) in [7, 11) is 3.68.